The molecule has 0 radical (unpaired) electrons. The van der Waals surface area contributed by atoms with Gasteiger partial charge in [0.25, 0.3) is 0 Å². The largest absolute Gasteiger partial charge is 0.345 e. The zero-order chi connectivity index (χ0) is 7.68. The van der Waals surface area contributed by atoms with Gasteiger partial charge >= 0.3 is 0 Å². The molecule has 0 saturated carbocycles. The summed E-state index contributed by atoms with van der Waals surface area (Å²) in [4.78, 5) is 6.51. The van der Waals surface area contributed by atoms with Crippen molar-refractivity contribution in [2.75, 3.05) is 25.0 Å². The van der Waals surface area contributed by atoms with Crippen molar-refractivity contribution in [3.05, 3.63) is 11.6 Å². The second-order valence-corrected chi connectivity index (χ2v) is 3.58. The molecular formula is C7H11N3S. The third kappa shape index (κ3) is 1.23. The number of hydrogen-bond donors (Lipinski definition) is 1. The van der Waals surface area contributed by atoms with E-state index < -0.39 is 0 Å². The summed E-state index contributed by atoms with van der Waals surface area (Å²) in [6.07, 6.45) is 1.85. The van der Waals surface area contributed by atoms with Crippen LogP contribution in [0.4, 0.5) is 5.13 Å². The highest BCUT2D eigenvalue weighted by molar-refractivity contribution is 7.13. The molecule has 1 aromatic rings. The van der Waals surface area contributed by atoms with Crippen molar-refractivity contribution in [1.82, 2.24) is 10.3 Å². The molecule has 0 spiro atoms. The maximum atomic E-state index is 4.22. The van der Waals surface area contributed by atoms with Gasteiger partial charge in [0.15, 0.2) is 5.13 Å². The molecule has 0 aromatic carbocycles. The van der Waals surface area contributed by atoms with E-state index in [-0.39, 0.29) is 0 Å². The Morgan fingerprint density at radius 2 is 2.55 bits per heavy atom. The Bertz CT molecular complexity index is 216. The summed E-state index contributed by atoms with van der Waals surface area (Å²) >= 11 is 1.71. The van der Waals surface area contributed by atoms with Gasteiger partial charge in [0.05, 0.1) is 0 Å². The monoisotopic (exact) mass is 169 g/mol. The third-order valence-electron chi connectivity index (χ3n) is 1.98. The SMILES string of the molecule is CNC1CN(c2nccs2)C1. The normalized spacial score (nSPS) is 18.5. The van der Waals surface area contributed by atoms with E-state index in [2.05, 4.69) is 15.2 Å². The standard InChI is InChI=1S/C7H11N3S/c1-8-6-4-10(5-6)7-9-2-3-11-7/h2-3,6,8H,4-5H2,1H3. The molecule has 0 unspecified atom stereocenters. The first-order chi connectivity index (χ1) is 5.40. The Balaban J connectivity index is 1.92. The number of rotatable bonds is 2. The van der Waals surface area contributed by atoms with Crippen LogP contribution in [0.25, 0.3) is 0 Å². The molecule has 1 aliphatic rings. The van der Waals surface area contributed by atoms with Crippen LogP contribution in [0.15, 0.2) is 11.6 Å². The summed E-state index contributed by atoms with van der Waals surface area (Å²) in [6, 6.07) is 0.666. The molecule has 2 heterocycles. The molecule has 2 rings (SSSR count). The minimum absolute atomic E-state index is 0.666. The summed E-state index contributed by atoms with van der Waals surface area (Å²) in [5, 5.41) is 6.39. The van der Waals surface area contributed by atoms with E-state index >= 15 is 0 Å². The van der Waals surface area contributed by atoms with E-state index in [1.165, 1.54) is 0 Å². The van der Waals surface area contributed by atoms with Gasteiger partial charge in [-0.3, -0.25) is 0 Å². The Morgan fingerprint density at radius 1 is 1.73 bits per heavy atom. The summed E-state index contributed by atoms with van der Waals surface area (Å²) in [5.74, 6) is 0. The molecule has 1 N–H and O–H groups in total. The van der Waals surface area contributed by atoms with Gasteiger partial charge in [0.2, 0.25) is 0 Å². The quantitative estimate of drug-likeness (QED) is 0.701. The van der Waals surface area contributed by atoms with Gasteiger partial charge in [0, 0.05) is 30.7 Å². The number of likely N-dealkylation sites (N-methyl/N-ethyl adjacent to an activating group) is 1. The first-order valence-corrected chi connectivity index (χ1v) is 4.60. The summed E-state index contributed by atoms with van der Waals surface area (Å²) < 4.78 is 0. The minimum atomic E-state index is 0.666. The lowest BCUT2D eigenvalue weighted by atomic mass is 10.1. The predicted octanol–water partition coefficient (Wildman–Crippen LogP) is 0.551. The van der Waals surface area contributed by atoms with Gasteiger partial charge in [-0.05, 0) is 7.05 Å². The van der Waals surface area contributed by atoms with Crippen molar-refractivity contribution < 1.29 is 0 Å². The number of anilines is 1. The minimum Gasteiger partial charge on any atom is -0.345 e. The summed E-state index contributed by atoms with van der Waals surface area (Å²) in [7, 11) is 2.00. The number of nitrogens with one attached hydrogen (secondary N) is 1. The highest BCUT2D eigenvalue weighted by Gasteiger charge is 2.26. The van der Waals surface area contributed by atoms with Crippen molar-refractivity contribution >= 4 is 16.5 Å². The first kappa shape index (κ1) is 7.06. The Kier molecular flexibility index (Phi) is 1.79. The van der Waals surface area contributed by atoms with E-state index in [0.717, 1.165) is 18.2 Å². The zero-order valence-electron chi connectivity index (χ0n) is 6.45. The lowest BCUT2D eigenvalue weighted by Crippen LogP contribution is -2.57. The molecule has 1 aliphatic heterocycles. The van der Waals surface area contributed by atoms with Crippen LogP contribution in [-0.2, 0) is 0 Å². The second kappa shape index (κ2) is 2.79. The van der Waals surface area contributed by atoms with Gasteiger partial charge in [-0.15, -0.1) is 11.3 Å². The second-order valence-electron chi connectivity index (χ2n) is 2.71. The number of thiazole rings is 1. The molecule has 0 aliphatic carbocycles. The highest BCUT2D eigenvalue weighted by atomic mass is 32.1. The van der Waals surface area contributed by atoms with Crippen molar-refractivity contribution in [2.24, 2.45) is 0 Å². The average molecular weight is 169 g/mol. The fraction of sp³-hybridized carbons (Fsp3) is 0.571. The van der Waals surface area contributed by atoms with Crippen molar-refractivity contribution in [1.29, 1.82) is 0 Å². The number of hydrogen-bond acceptors (Lipinski definition) is 4. The van der Waals surface area contributed by atoms with Crippen LogP contribution in [0, 0.1) is 0 Å². The molecule has 11 heavy (non-hydrogen) atoms. The van der Waals surface area contributed by atoms with Crippen LogP contribution in [0.1, 0.15) is 0 Å². The highest BCUT2D eigenvalue weighted by Crippen LogP contribution is 2.22. The smallest absolute Gasteiger partial charge is 0.185 e. The fourth-order valence-corrected chi connectivity index (χ4v) is 1.85. The van der Waals surface area contributed by atoms with Crippen LogP contribution in [0.2, 0.25) is 0 Å². The molecule has 3 nitrogen and oxygen atoms in total. The van der Waals surface area contributed by atoms with E-state index in [9.17, 15) is 0 Å². The Labute approximate surface area is 70.1 Å². The predicted molar refractivity (Wildman–Crippen MR) is 47.2 cm³/mol. The summed E-state index contributed by atoms with van der Waals surface area (Å²) in [5.41, 5.74) is 0. The maximum Gasteiger partial charge on any atom is 0.185 e. The lowest BCUT2D eigenvalue weighted by molar-refractivity contribution is 0.450. The topological polar surface area (TPSA) is 28.2 Å². The molecule has 0 bridgehead atoms. The number of nitrogens with zero attached hydrogens (tertiary/aromatic N) is 2. The van der Waals surface area contributed by atoms with Crippen LogP contribution in [0.5, 0.6) is 0 Å². The molecular weight excluding hydrogens is 158 g/mol. The van der Waals surface area contributed by atoms with Crippen LogP contribution in [0.3, 0.4) is 0 Å². The summed E-state index contributed by atoms with van der Waals surface area (Å²) in [6.45, 7) is 2.20. The van der Waals surface area contributed by atoms with Gasteiger partial charge in [-0.25, -0.2) is 4.98 Å². The Hall–Kier alpha value is -0.610. The Morgan fingerprint density at radius 3 is 3.09 bits per heavy atom. The van der Waals surface area contributed by atoms with Gasteiger partial charge < -0.3 is 10.2 Å². The van der Waals surface area contributed by atoms with Crippen molar-refractivity contribution in [2.45, 2.75) is 6.04 Å². The average Bonchev–Trinajstić information content (AvgIpc) is 2.37. The van der Waals surface area contributed by atoms with E-state index in [1.807, 2.05) is 18.6 Å². The first-order valence-electron chi connectivity index (χ1n) is 3.72. The molecule has 60 valence electrons. The molecule has 1 aromatic heterocycles. The third-order valence-corrected chi connectivity index (χ3v) is 2.81. The van der Waals surface area contributed by atoms with Crippen LogP contribution >= 0.6 is 11.3 Å². The van der Waals surface area contributed by atoms with Crippen molar-refractivity contribution in [3.63, 3.8) is 0 Å². The van der Waals surface area contributed by atoms with Crippen molar-refractivity contribution in [3.8, 4) is 0 Å². The molecule has 1 saturated heterocycles. The van der Waals surface area contributed by atoms with Gasteiger partial charge in [-0.2, -0.15) is 0 Å². The van der Waals surface area contributed by atoms with Crippen LogP contribution < -0.4 is 10.2 Å². The molecule has 0 amide bonds. The van der Waals surface area contributed by atoms with Crippen LogP contribution in [-0.4, -0.2) is 31.2 Å². The van der Waals surface area contributed by atoms with Gasteiger partial charge in [-0.1, -0.05) is 0 Å². The fourth-order valence-electron chi connectivity index (χ4n) is 1.19. The molecule has 0 atom stereocenters. The molecule has 1 fully saturated rings. The van der Waals surface area contributed by atoms with Gasteiger partial charge in [0.1, 0.15) is 0 Å². The molecule has 4 heteroatoms. The van der Waals surface area contributed by atoms with E-state index in [4.69, 9.17) is 0 Å². The van der Waals surface area contributed by atoms with E-state index in [1.54, 1.807) is 11.3 Å². The lowest BCUT2D eigenvalue weighted by Gasteiger charge is -2.38. The maximum absolute atomic E-state index is 4.22. The van der Waals surface area contributed by atoms with E-state index in [0.29, 0.717) is 6.04 Å². The number of aromatic nitrogens is 1. The zero-order valence-corrected chi connectivity index (χ0v) is 7.27.